The van der Waals surface area contributed by atoms with Crippen molar-refractivity contribution in [2.75, 3.05) is 11.9 Å². The molecule has 0 bridgehead atoms. The number of rotatable bonds is 7. The quantitative estimate of drug-likeness (QED) is 0.497. The molecule has 0 aliphatic carbocycles. The first kappa shape index (κ1) is 20.1. The lowest BCUT2D eigenvalue weighted by Gasteiger charge is -2.06. The number of ether oxygens (including phenoxy) is 1. The number of benzene rings is 2. The number of anilines is 1. The minimum Gasteiger partial charge on any atom is -0.462 e. The lowest BCUT2D eigenvalue weighted by Crippen LogP contribution is -2.14. The number of hydrogen-bond donors (Lipinski definition) is 1. The number of hydrogen-bond acceptors (Lipinski definition) is 4. The lowest BCUT2D eigenvalue weighted by molar-refractivity contribution is -0.116. The molecule has 0 unspecified atom stereocenters. The van der Waals surface area contributed by atoms with Crippen molar-refractivity contribution in [3.63, 3.8) is 0 Å². The highest BCUT2D eigenvalue weighted by Gasteiger charge is 2.19. The molecule has 0 radical (unpaired) electrons. The summed E-state index contributed by atoms with van der Waals surface area (Å²) in [5, 5.41) is 4.05. The molecular formula is C22H20ClNO3S. The van der Waals surface area contributed by atoms with Crippen molar-refractivity contribution in [2.24, 2.45) is 0 Å². The second-order valence-corrected chi connectivity index (χ2v) is 7.60. The van der Waals surface area contributed by atoms with Gasteiger partial charge in [0, 0.05) is 16.3 Å². The highest BCUT2D eigenvalue weighted by molar-refractivity contribution is 7.20. The van der Waals surface area contributed by atoms with E-state index in [0.29, 0.717) is 28.4 Å². The molecule has 1 heterocycles. The molecule has 3 aromatic rings. The zero-order valence-corrected chi connectivity index (χ0v) is 17.0. The van der Waals surface area contributed by atoms with Gasteiger partial charge in [-0.2, -0.15) is 0 Å². The van der Waals surface area contributed by atoms with Gasteiger partial charge in [0.05, 0.1) is 12.2 Å². The Balaban J connectivity index is 1.75. The zero-order valence-electron chi connectivity index (χ0n) is 15.4. The number of nitrogens with one attached hydrogen (secondary N) is 1. The van der Waals surface area contributed by atoms with Gasteiger partial charge in [0.15, 0.2) is 0 Å². The van der Waals surface area contributed by atoms with E-state index < -0.39 is 5.97 Å². The summed E-state index contributed by atoms with van der Waals surface area (Å²) in [6.45, 7) is 2.03. The van der Waals surface area contributed by atoms with Gasteiger partial charge in [0.2, 0.25) is 5.91 Å². The first-order valence-electron chi connectivity index (χ1n) is 8.97. The Hall–Kier alpha value is -2.63. The van der Waals surface area contributed by atoms with E-state index in [4.69, 9.17) is 16.3 Å². The molecule has 4 nitrogen and oxygen atoms in total. The van der Waals surface area contributed by atoms with Crippen molar-refractivity contribution in [1.82, 2.24) is 0 Å². The Labute approximate surface area is 173 Å². The second kappa shape index (κ2) is 9.53. The summed E-state index contributed by atoms with van der Waals surface area (Å²) in [4.78, 5) is 25.7. The molecule has 3 rings (SSSR count). The average molecular weight is 414 g/mol. The Morgan fingerprint density at radius 1 is 1.07 bits per heavy atom. The Morgan fingerprint density at radius 3 is 2.46 bits per heavy atom. The van der Waals surface area contributed by atoms with E-state index in [0.717, 1.165) is 16.0 Å². The summed E-state index contributed by atoms with van der Waals surface area (Å²) in [5.41, 5.74) is 2.39. The van der Waals surface area contributed by atoms with Crippen LogP contribution in [-0.2, 0) is 16.0 Å². The van der Waals surface area contributed by atoms with Gasteiger partial charge < -0.3 is 10.1 Å². The summed E-state index contributed by atoms with van der Waals surface area (Å²) in [7, 11) is 0. The summed E-state index contributed by atoms with van der Waals surface area (Å²) in [5.74, 6) is -0.587. The third kappa shape index (κ3) is 5.21. The van der Waals surface area contributed by atoms with E-state index in [-0.39, 0.29) is 12.5 Å². The van der Waals surface area contributed by atoms with E-state index in [1.165, 1.54) is 11.3 Å². The zero-order chi connectivity index (χ0) is 19.9. The number of amides is 1. The largest absolute Gasteiger partial charge is 0.462 e. The van der Waals surface area contributed by atoms with Crippen molar-refractivity contribution in [1.29, 1.82) is 0 Å². The van der Waals surface area contributed by atoms with Crippen molar-refractivity contribution in [3.05, 3.63) is 76.8 Å². The van der Waals surface area contributed by atoms with Crippen molar-refractivity contribution in [3.8, 4) is 10.4 Å². The Morgan fingerprint density at radius 2 is 1.79 bits per heavy atom. The molecule has 144 valence electrons. The van der Waals surface area contributed by atoms with Gasteiger partial charge in [-0.3, -0.25) is 4.79 Å². The van der Waals surface area contributed by atoms with Gasteiger partial charge in [0.25, 0.3) is 0 Å². The van der Waals surface area contributed by atoms with Crippen LogP contribution in [-0.4, -0.2) is 18.5 Å². The van der Waals surface area contributed by atoms with Crippen LogP contribution in [0.25, 0.3) is 10.4 Å². The van der Waals surface area contributed by atoms with Gasteiger partial charge in [-0.1, -0.05) is 54.1 Å². The maximum Gasteiger partial charge on any atom is 0.341 e. The van der Waals surface area contributed by atoms with Gasteiger partial charge in [0.1, 0.15) is 5.00 Å². The van der Waals surface area contributed by atoms with Crippen LogP contribution in [0.2, 0.25) is 5.02 Å². The number of halogens is 1. The SMILES string of the molecule is CCOC(=O)c1cc(-c2ccccc2)sc1NC(=O)CCc1ccc(Cl)cc1. The van der Waals surface area contributed by atoms with Crippen molar-refractivity contribution >= 4 is 39.8 Å². The number of esters is 1. The molecule has 0 saturated heterocycles. The van der Waals surface area contributed by atoms with Crippen LogP contribution < -0.4 is 5.32 Å². The first-order valence-corrected chi connectivity index (χ1v) is 10.2. The molecule has 0 fully saturated rings. The standard InChI is InChI=1S/C22H20ClNO3S/c1-2-27-22(26)18-14-19(16-6-4-3-5-7-16)28-21(18)24-20(25)13-10-15-8-11-17(23)12-9-15/h3-9,11-12,14H,2,10,13H2,1H3,(H,24,25). The molecule has 1 amide bonds. The average Bonchev–Trinajstić information content (AvgIpc) is 3.12. The monoisotopic (exact) mass is 413 g/mol. The maximum absolute atomic E-state index is 12.4. The van der Waals surface area contributed by atoms with Crippen LogP contribution in [0.3, 0.4) is 0 Å². The second-order valence-electron chi connectivity index (χ2n) is 6.11. The molecule has 0 spiro atoms. The maximum atomic E-state index is 12.4. The van der Waals surface area contributed by atoms with Crippen molar-refractivity contribution < 1.29 is 14.3 Å². The molecule has 0 saturated carbocycles. The lowest BCUT2D eigenvalue weighted by atomic mass is 10.1. The van der Waals surface area contributed by atoms with Crippen LogP contribution in [0.5, 0.6) is 0 Å². The fraction of sp³-hybridized carbons (Fsp3) is 0.182. The Bertz CT molecular complexity index is 952. The van der Waals surface area contributed by atoms with E-state index in [1.807, 2.05) is 42.5 Å². The highest BCUT2D eigenvalue weighted by Crippen LogP contribution is 2.36. The molecule has 1 aromatic heterocycles. The first-order chi connectivity index (χ1) is 13.6. The van der Waals surface area contributed by atoms with Crippen LogP contribution >= 0.6 is 22.9 Å². The molecular weight excluding hydrogens is 394 g/mol. The summed E-state index contributed by atoms with van der Waals surface area (Å²) >= 11 is 7.25. The number of carbonyl (C=O) groups excluding carboxylic acids is 2. The van der Waals surface area contributed by atoms with Crippen LogP contribution in [0.4, 0.5) is 5.00 Å². The van der Waals surface area contributed by atoms with Gasteiger partial charge in [-0.15, -0.1) is 11.3 Å². The minimum atomic E-state index is -0.436. The smallest absolute Gasteiger partial charge is 0.341 e. The number of aryl methyl sites for hydroxylation is 1. The summed E-state index contributed by atoms with van der Waals surface area (Å²) in [6.07, 6.45) is 0.900. The van der Waals surface area contributed by atoms with E-state index in [1.54, 1.807) is 25.1 Å². The fourth-order valence-electron chi connectivity index (χ4n) is 2.69. The third-order valence-electron chi connectivity index (χ3n) is 4.09. The number of thiophene rings is 1. The van der Waals surface area contributed by atoms with Crippen LogP contribution in [0.1, 0.15) is 29.3 Å². The molecule has 1 N–H and O–H groups in total. The molecule has 6 heteroatoms. The topological polar surface area (TPSA) is 55.4 Å². The van der Waals surface area contributed by atoms with Crippen LogP contribution in [0.15, 0.2) is 60.7 Å². The predicted octanol–water partition coefficient (Wildman–Crippen LogP) is 5.82. The highest BCUT2D eigenvalue weighted by atomic mass is 35.5. The molecule has 0 atom stereocenters. The Kier molecular flexibility index (Phi) is 6.85. The number of carbonyl (C=O) groups is 2. The fourth-order valence-corrected chi connectivity index (χ4v) is 3.88. The molecule has 2 aromatic carbocycles. The van der Waals surface area contributed by atoms with E-state index in [2.05, 4.69) is 5.32 Å². The van der Waals surface area contributed by atoms with Gasteiger partial charge in [-0.25, -0.2) is 4.79 Å². The predicted molar refractivity (Wildman–Crippen MR) is 114 cm³/mol. The summed E-state index contributed by atoms with van der Waals surface area (Å²) in [6, 6.07) is 18.9. The molecule has 0 aliphatic rings. The molecule has 28 heavy (non-hydrogen) atoms. The van der Waals surface area contributed by atoms with Gasteiger partial charge in [-0.05, 0) is 42.7 Å². The van der Waals surface area contributed by atoms with Crippen LogP contribution in [0, 0.1) is 0 Å². The summed E-state index contributed by atoms with van der Waals surface area (Å²) < 4.78 is 5.14. The minimum absolute atomic E-state index is 0.151. The van der Waals surface area contributed by atoms with Gasteiger partial charge >= 0.3 is 5.97 Å². The van der Waals surface area contributed by atoms with E-state index >= 15 is 0 Å². The normalized spacial score (nSPS) is 10.5. The third-order valence-corrected chi connectivity index (χ3v) is 5.44. The van der Waals surface area contributed by atoms with Crippen molar-refractivity contribution in [2.45, 2.75) is 19.8 Å². The van der Waals surface area contributed by atoms with E-state index in [9.17, 15) is 9.59 Å². The molecule has 0 aliphatic heterocycles.